The van der Waals surface area contributed by atoms with E-state index in [0.717, 1.165) is 31.0 Å². The summed E-state index contributed by atoms with van der Waals surface area (Å²) in [5, 5.41) is 7.88. The van der Waals surface area contributed by atoms with Crippen molar-refractivity contribution in [1.82, 2.24) is 18.9 Å². The maximum absolute atomic E-state index is 3.94. The van der Waals surface area contributed by atoms with Gasteiger partial charge in [-0.2, -0.15) is 0 Å². The number of aromatic nitrogens is 4. The number of benzene rings is 1. The van der Waals surface area contributed by atoms with E-state index >= 15 is 0 Å². The molecule has 1 aromatic carbocycles. The number of fused-ring (bicyclic) bond motifs is 2. The molecule has 0 radical (unpaired) electrons. The van der Waals surface area contributed by atoms with Crippen LogP contribution in [0.2, 0.25) is 0 Å². The van der Waals surface area contributed by atoms with Gasteiger partial charge in [-0.15, -0.1) is 10.2 Å². The Morgan fingerprint density at radius 2 is 1.38 bits per heavy atom. The van der Waals surface area contributed by atoms with E-state index in [4.69, 9.17) is 0 Å². The molecule has 66 valence electrons. The van der Waals surface area contributed by atoms with E-state index in [9.17, 15) is 0 Å². The lowest BCUT2D eigenvalue weighted by molar-refractivity contribution is 1.06. The quantitative estimate of drug-likeness (QED) is 0.668. The normalized spacial score (nSPS) is 11.8. The molecular formula is C6H2Br2N4S. The van der Waals surface area contributed by atoms with E-state index in [0.29, 0.717) is 0 Å². The number of hydrogen-bond donors (Lipinski definition) is 2. The third-order valence-electron chi connectivity index (χ3n) is 1.89. The Morgan fingerprint density at radius 3 is 1.77 bits per heavy atom. The zero-order chi connectivity index (χ0) is 9.00. The smallest absolute Gasteiger partial charge is 0.131 e. The Labute approximate surface area is 93.3 Å². The minimum absolute atomic E-state index is 0.905. The van der Waals surface area contributed by atoms with Gasteiger partial charge in [-0.3, -0.25) is 8.75 Å². The Bertz CT molecular complexity index is 542. The number of aromatic amines is 2. The summed E-state index contributed by atoms with van der Waals surface area (Å²) in [5.74, 6) is 0. The maximum Gasteiger partial charge on any atom is 0.131 e. The van der Waals surface area contributed by atoms with Gasteiger partial charge in [0.2, 0.25) is 0 Å². The van der Waals surface area contributed by atoms with Gasteiger partial charge in [0.25, 0.3) is 0 Å². The van der Waals surface area contributed by atoms with Crippen LogP contribution in [0.25, 0.3) is 22.1 Å². The highest BCUT2D eigenvalue weighted by Gasteiger charge is 2.16. The van der Waals surface area contributed by atoms with Crippen molar-refractivity contribution in [2.45, 2.75) is 0 Å². The topological polar surface area (TPSA) is 57.4 Å². The van der Waals surface area contributed by atoms with Gasteiger partial charge in [0.1, 0.15) is 11.0 Å². The molecule has 0 aliphatic rings. The van der Waals surface area contributed by atoms with Crippen LogP contribution in [0.1, 0.15) is 0 Å². The molecule has 0 spiro atoms. The van der Waals surface area contributed by atoms with Crippen LogP contribution in [0, 0.1) is 0 Å². The third kappa shape index (κ3) is 0.893. The second-order valence-electron chi connectivity index (χ2n) is 2.58. The summed E-state index contributed by atoms with van der Waals surface area (Å²) in [6, 6.07) is 0. The van der Waals surface area contributed by atoms with Gasteiger partial charge in [0, 0.05) is 11.7 Å². The minimum atomic E-state index is 0.905. The molecule has 0 atom stereocenters. The van der Waals surface area contributed by atoms with Gasteiger partial charge >= 0.3 is 0 Å². The first-order chi connectivity index (χ1) is 6.29. The molecule has 2 aromatic heterocycles. The van der Waals surface area contributed by atoms with Gasteiger partial charge in [-0.05, 0) is 31.9 Å². The molecular weight excluding hydrogens is 320 g/mol. The lowest BCUT2D eigenvalue weighted by atomic mass is 10.2. The van der Waals surface area contributed by atoms with Gasteiger partial charge in [-0.25, -0.2) is 0 Å². The van der Waals surface area contributed by atoms with Crippen molar-refractivity contribution in [2.75, 3.05) is 0 Å². The molecule has 7 heteroatoms. The van der Waals surface area contributed by atoms with E-state index in [1.54, 1.807) is 0 Å². The Kier molecular flexibility index (Phi) is 1.56. The number of nitrogens with zero attached hydrogens (tertiary/aromatic N) is 2. The number of halogens is 2. The molecule has 0 bridgehead atoms. The molecule has 13 heavy (non-hydrogen) atoms. The first kappa shape index (κ1) is 7.95. The lowest BCUT2D eigenvalue weighted by Crippen LogP contribution is -1.94. The van der Waals surface area contributed by atoms with Crippen molar-refractivity contribution >= 4 is 65.7 Å². The second kappa shape index (κ2) is 2.55. The molecule has 0 fully saturated rings. The maximum atomic E-state index is 3.94. The Hall–Kier alpha value is -0.400. The first-order valence-electron chi connectivity index (χ1n) is 3.43. The number of hydrogen-bond acceptors (Lipinski definition) is 3. The van der Waals surface area contributed by atoms with Crippen LogP contribution in [0.3, 0.4) is 0 Å². The van der Waals surface area contributed by atoms with Crippen LogP contribution in [0.4, 0.5) is 0 Å². The molecule has 0 aliphatic heterocycles. The monoisotopic (exact) mass is 320 g/mol. The highest BCUT2D eigenvalue weighted by molar-refractivity contribution is 9.11. The molecule has 0 saturated carbocycles. The predicted octanol–water partition coefficient (Wildman–Crippen LogP) is 3.03. The lowest BCUT2D eigenvalue weighted by Gasteiger charge is -2.04. The summed E-state index contributed by atoms with van der Waals surface area (Å²) < 4.78 is 8.21. The van der Waals surface area contributed by atoms with Crippen molar-refractivity contribution in [3.63, 3.8) is 0 Å². The molecule has 4 nitrogen and oxygen atoms in total. The van der Waals surface area contributed by atoms with Crippen molar-refractivity contribution in [3.8, 4) is 0 Å². The van der Waals surface area contributed by atoms with Crippen LogP contribution in [-0.4, -0.2) is 18.9 Å². The SMILES string of the molecule is Brc1c2nnc2c(Br)c2[nH]s[nH]c12. The van der Waals surface area contributed by atoms with E-state index in [1.165, 1.54) is 11.7 Å². The standard InChI is InChI=1S/C6H2Br2N4S/c7-1-3-4(10-9-3)2(8)6-5(1)11-13-12-6/h11-12H. The second-order valence-corrected chi connectivity index (χ2v) is 4.78. The van der Waals surface area contributed by atoms with E-state index in [-0.39, 0.29) is 0 Å². The van der Waals surface area contributed by atoms with Crippen LogP contribution in [0.5, 0.6) is 0 Å². The van der Waals surface area contributed by atoms with Crippen LogP contribution >= 0.6 is 43.6 Å². The van der Waals surface area contributed by atoms with E-state index in [2.05, 4.69) is 50.8 Å². The number of H-pyrrole nitrogens is 2. The first-order valence-corrected chi connectivity index (χ1v) is 5.84. The van der Waals surface area contributed by atoms with Crippen molar-refractivity contribution in [2.24, 2.45) is 0 Å². The number of nitrogens with one attached hydrogen (secondary N) is 2. The molecule has 0 amide bonds. The van der Waals surface area contributed by atoms with Gasteiger partial charge in [-0.1, -0.05) is 0 Å². The minimum Gasteiger partial charge on any atom is -0.294 e. The largest absolute Gasteiger partial charge is 0.294 e. The van der Waals surface area contributed by atoms with Crippen LogP contribution in [0.15, 0.2) is 8.95 Å². The van der Waals surface area contributed by atoms with E-state index < -0.39 is 0 Å². The van der Waals surface area contributed by atoms with Crippen molar-refractivity contribution < 1.29 is 0 Å². The zero-order valence-corrected chi connectivity index (χ0v) is 10.0. The highest BCUT2D eigenvalue weighted by Crippen LogP contribution is 2.36. The summed E-state index contributed by atoms with van der Waals surface area (Å²) in [7, 11) is 0. The van der Waals surface area contributed by atoms with Crippen LogP contribution in [-0.2, 0) is 0 Å². The average molecular weight is 322 g/mol. The fourth-order valence-electron chi connectivity index (χ4n) is 1.22. The Balaban J connectivity index is 2.68. The summed E-state index contributed by atoms with van der Waals surface area (Å²) >= 11 is 8.39. The van der Waals surface area contributed by atoms with Crippen molar-refractivity contribution in [3.05, 3.63) is 8.95 Å². The summed E-state index contributed by atoms with van der Waals surface area (Å²) in [6.45, 7) is 0. The zero-order valence-electron chi connectivity index (χ0n) is 6.06. The average Bonchev–Trinajstić information content (AvgIpc) is 2.47. The molecule has 2 N–H and O–H groups in total. The van der Waals surface area contributed by atoms with Gasteiger partial charge in [0.15, 0.2) is 0 Å². The van der Waals surface area contributed by atoms with Gasteiger partial charge < -0.3 is 0 Å². The fraction of sp³-hybridized carbons (Fsp3) is 0. The molecule has 0 unspecified atom stereocenters. The predicted molar refractivity (Wildman–Crippen MR) is 59.0 cm³/mol. The Morgan fingerprint density at radius 1 is 0.923 bits per heavy atom. The summed E-state index contributed by atoms with van der Waals surface area (Å²) in [4.78, 5) is 0. The third-order valence-corrected chi connectivity index (χ3v) is 4.04. The molecule has 2 heterocycles. The summed E-state index contributed by atoms with van der Waals surface area (Å²) in [6.07, 6.45) is 0. The highest BCUT2D eigenvalue weighted by atomic mass is 79.9. The van der Waals surface area contributed by atoms with Gasteiger partial charge in [0.05, 0.1) is 20.0 Å². The molecule has 0 saturated heterocycles. The molecule has 0 aliphatic carbocycles. The number of rotatable bonds is 0. The molecule has 3 rings (SSSR count). The molecule has 3 aromatic rings. The summed E-state index contributed by atoms with van der Waals surface area (Å²) in [5.41, 5.74) is 3.86. The van der Waals surface area contributed by atoms with Crippen LogP contribution < -0.4 is 0 Å². The van der Waals surface area contributed by atoms with Crippen molar-refractivity contribution in [1.29, 1.82) is 0 Å². The van der Waals surface area contributed by atoms with E-state index in [1.807, 2.05) is 0 Å². The fourth-order valence-corrected chi connectivity index (χ4v) is 3.28.